The topological polar surface area (TPSA) is 95.6 Å². The molecule has 2 heterocycles. The molecule has 1 N–H and O–H groups in total. The van der Waals surface area contributed by atoms with Crippen LogP contribution in [0.25, 0.3) is 0 Å². The number of carbonyl (C=O) groups is 2. The van der Waals surface area contributed by atoms with E-state index in [1.807, 2.05) is 19.9 Å². The van der Waals surface area contributed by atoms with E-state index in [2.05, 4.69) is 9.97 Å². The molecule has 2 aromatic rings. The molecule has 29 heavy (non-hydrogen) atoms. The molecule has 0 atom stereocenters. The predicted molar refractivity (Wildman–Crippen MR) is 108 cm³/mol. The number of para-hydroxylation sites is 1. The first-order chi connectivity index (χ1) is 13.9. The van der Waals surface area contributed by atoms with Crippen molar-refractivity contribution < 1.29 is 14.3 Å². The Morgan fingerprint density at radius 3 is 2.34 bits per heavy atom. The molecular weight excluding hydrogens is 372 g/mol. The summed E-state index contributed by atoms with van der Waals surface area (Å²) in [6, 6.07) is 8.74. The smallest absolute Gasteiger partial charge is 0.345 e. The van der Waals surface area contributed by atoms with E-state index in [0.717, 1.165) is 0 Å². The van der Waals surface area contributed by atoms with Crippen molar-refractivity contribution in [1.82, 2.24) is 19.8 Å². The van der Waals surface area contributed by atoms with Crippen LogP contribution in [0.3, 0.4) is 0 Å². The number of aromatic amines is 1. The molecule has 0 radical (unpaired) electrons. The summed E-state index contributed by atoms with van der Waals surface area (Å²) in [6.45, 7) is 5.66. The molecule has 2 amide bonds. The summed E-state index contributed by atoms with van der Waals surface area (Å²) < 4.78 is 5.27. The van der Waals surface area contributed by atoms with Crippen molar-refractivity contribution >= 4 is 11.8 Å². The molecule has 1 aliphatic heterocycles. The second-order valence-corrected chi connectivity index (χ2v) is 7.48. The van der Waals surface area contributed by atoms with E-state index in [4.69, 9.17) is 4.74 Å². The molecule has 1 fully saturated rings. The molecule has 3 rings (SSSR count). The van der Waals surface area contributed by atoms with Crippen molar-refractivity contribution in [3.05, 3.63) is 57.8 Å². The number of ether oxygens (including phenoxy) is 1. The van der Waals surface area contributed by atoms with E-state index >= 15 is 0 Å². The lowest BCUT2D eigenvalue weighted by Gasteiger charge is -2.34. The average Bonchev–Trinajstić information content (AvgIpc) is 2.72. The number of carbonyl (C=O) groups excluding carboxylic acids is 2. The molecule has 0 unspecified atom stereocenters. The predicted octanol–water partition coefficient (Wildman–Crippen LogP) is 1.58. The Bertz CT molecular complexity index is 946. The Morgan fingerprint density at radius 2 is 1.72 bits per heavy atom. The van der Waals surface area contributed by atoms with Gasteiger partial charge in [0.25, 0.3) is 11.8 Å². The van der Waals surface area contributed by atoms with Gasteiger partial charge in [-0.05, 0) is 30.5 Å². The van der Waals surface area contributed by atoms with Gasteiger partial charge in [-0.15, -0.1) is 0 Å². The van der Waals surface area contributed by atoms with Crippen molar-refractivity contribution in [2.24, 2.45) is 5.92 Å². The SMILES string of the molecule is COc1ccccc1C(=O)N1CCN(C(=O)c2cc(CC(C)C)[nH]c(=O)n2)CC1. The van der Waals surface area contributed by atoms with Crippen molar-refractivity contribution in [2.75, 3.05) is 33.3 Å². The second kappa shape index (κ2) is 8.89. The number of methoxy groups -OCH3 is 1. The van der Waals surface area contributed by atoms with E-state index in [-0.39, 0.29) is 17.5 Å². The molecule has 154 valence electrons. The fourth-order valence-corrected chi connectivity index (χ4v) is 3.43. The highest BCUT2D eigenvalue weighted by atomic mass is 16.5. The average molecular weight is 398 g/mol. The van der Waals surface area contributed by atoms with E-state index in [1.54, 1.807) is 34.1 Å². The number of nitrogens with one attached hydrogen (secondary N) is 1. The minimum Gasteiger partial charge on any atom is -0.496 e. The van der Waals surface area contributed by atoms with Gasteiger partial charge in [0.15, 0.2) is 0 Å². The zero-order chi connectivity index (χ0) is 21.0. The molecule has 1 aromatic carbocycles. The molecule has 0 aliphatic carbocycles. The number of nitrogens with zero attached hydrogens (tertiary/aromatic N) is 3. The van der Waals surface area contributed by atoms with E-state index in [0.29, 0.717) is 55.5 Å². The molecule has 0 saturated carbocycles. The van der Waals surface area contributed by atoms with Crippen molar-refractivity contribution in [3.8, 4) is 5.75 Å². The molecule has 0 spiro atoms. The van der Waals surface area contributed by atoms with Crippen LogP contribution in [0.5, 0.6) is 5.75 Å². The van der Waals surface area contributed by atoms with Gasteiger partial charge in [0, 0.05) is 31.9 Å². The monoisotopic (exact) mass is 398 g/mol. The second-order valence-electron chi connectivity index (χ2n) is 7.48. The lowest BCUT2D eigenvalue weighted by atomic mass is 10.1. The number of aromatic nitrogens is 2. The van der Waals surface area contributed by atoms with Gasteiger partial charge in [-0.1, -0.05) is 26.0 Å². The normalized spacial score (nSPS) is 14.2. The maximum Gasteiger partial charge on any atom is 0.345 e. The largest absolute Gasteiger partial charge is 0.496 e. The number of benzene rings is 1. The lowest BCUT2D eigenvalue weighted by molar-refractivity contribution is 0.0530. The molecule has 8 nitrogen and oxygen atoms in total. The number of amides is 2. The first-order valence-electron chi connectivity index (χ1n) is 9.71. The van der Waals surface area contributed by atoms with Gasteiger partial charge in [0.1, 0.15) is 11.4 Å². The zero-order valence-electron chi connectivity index (χ0n) is 17.0. The van der Waals surface area contributed by atoms with Gasteiger partial charge in [0.2, 0.25) is 0 Å². The third-order valence-corrected chi connectivity index (χ3v) is 4.84. The van der Waals surface area contributed by atoms with Crippen LogP contribution in [-0.2, 0) is 6.42 Å². The standard InChI is InChI=1S/C21H26N4O4/c1-14(2)12-15-13-17(23-21(28)22-15)20(27)25-10-8-24(9-11-25)19(26)16-6-4-5-7-18(16)29-3/h4-7,13-14H,8-12H2,1-3H3,(H,22,23,28). The summed E-state index contributed by atoms with van der Waals surface area (Å²) in [6.07, 6.45) is 0.666. The van der Waals surface area contributed by atoms with Crippen molar-refractivity contribution in [1.29, 1.82) is 0 Å². The van der Waals surface area contributed by atoms with Gasteiger partial charge in [-0.3, -0.25) is 9.59 Å². The van der Waals surface area contributed by atoms with Gasteiger partial charge in [-0.2, -0.15) is 4.98 Å². The van der Waals surface area contributed by atoms with E-state index in [1.165, 1.54) is 7.11 Å². The molecular formula is C21H26N4O4. The summed E-state index contributed by atoms with van der Waals surface area (Å²) in [5.41, 5.74) is 0.836. The van der Waals surface area contributed by atoms with Crippen molar-refractivity contribution in [3.63, 3.8) is 0 Å². The number of rotatable bonds is 5. The maximum absolute atomic E-state index is 12.8. The number of hydrogen-bond acceptors (Lipinski definition) is 5. The van der Waals surface area contributed by atoms with E-state index < -0.39 is 5.69 Å². The Balaban J connectivity index is 1.68. The Labute approximate surface area is 169 Å². The highest BCUT2D eigenvalue weighted by Crippen LogP contribution is 2.20. The van der Waals surface area contributed by atoms with Crippen LogP contribution in [0.4, 0.5) is 0 Å². The minimum atomic E-state index is -0.517. The molecule has 1 aromatic heterocycles. The van der Waals surface area contributed by atoms with Gasteiger partial charge in [0.05, 0.1) is 12.7 Å². The Kier molecular flexibility index (Phi) is 6.31. The molecule has 1 aliphatic rings. The quantitative estimate of drug-likeness (QED) is 0.825. The van der Waals surface area contributed by atoms with Crippen LogP contribution in [0.1, 0.15) is 40.4 Å². The molecule has 8 heteroatoms. The van der Waals surface area contributed by atoms with Crippen LogP contribution < -0.4 is 10.4 Å². The third-order valence-electron chi connectivity index (χ3n) is 4.84. The number of H-pyrrole nitrogens is 1. The third kappa shape index (κ3) is 4.82. The minimum absolute atomic E-state index is 0.122. The number of piperazine rings is 1. The van der Waals surface area contributed by atoms with Crippen LogP contribution in [0.15, 0.2) is 35.1 Å². The number of hydrogen-bond donors (Lipinski definition) is 1. The zero-order valence-corrected chi connectivity index (χ0v) is 17.0. The van der Waals surface area contributed by atoms with Crippen molar-refractivity contribution in [2.45, 2.75) is 20.3 Å². The van der Waals surface area contributed by atoms with E-state index in [9.17, 15) is 14.4 Å². The summed E-state index contributed by atoms with van der Waals surface area (Å²) in [7, 11) is 1.53. The summed E-state index contributed by atoms with van der Waals surface area (Å²) >= 11 is 0. The summed E-state index contributed by atoms with van der Waals surface area (Å²) in [4.78, 5) is 47.3. The van der Waals surface area contributed by atoms with Crippen LogP contribution in [0, 0.1) is 5.92 Å². The van der Waals surface area contributed by atoms with Crippen LogP contribution >= 0.6 is 0 Å². The highest BCUT2D eigenvalue weighted by Gasteiger charge is 2.27. The maximum atomic E-state index is 12.8. The summed E-state index contributed by atoms with van der Waals surface area (Å²) in [5, 5.41) is 0. The van der Waals surface area contributed by atoms with Crippen LogP contribution in [-0.4, -0.2) is 64.9 Å². The first kappa shape index (κ1) is 20.6. The fourth-order valence-electron chi connectivity index (χ4n) is 3.43. The molecule has 0 bridgehead atoms. The van der Waals surface area contributed by atoms with Gasteiger partial charge < -0.3 is 19.5 Å². The first-order valence-corrected chi connectivity index (χ1v) is 9.71. The molecule has 1 saturated heterocycles. The highest BCUT2D eigenvalue weighted by molar-refractivity contribution is 5.97. The Morgan fingerprint density at radius 1 is 1.10 bits per heavy atom. The fraction of sp³-hybridized carbons (Fsp3) is 0.429. The van der Waals surface area contributed by atoms with Crippen LogP contribution in [0.2, 0.25) is 0 Å². The van der Waals surface area contributed by atoms with Gasteiger partial charge >= 0.3 is 5.69 Å². The summed E-state index contributed by atoms with van der Waals surface area (Å²) in [5.74, 6) is 0.468. The lowest BCUT2D eigenvalue weighted by Crippen LogP contribution is -2.51. The van der Waals surface area contributed by atoms with Gasteiger partial charge in [-0.25, -0.2) is 4.79 Å². The Hall–Kier alpha value is -3.16.